The molecule has 2 rings (SSSR count). The zero-order valence-corrected chi connectivity index (χ0v) is 9.61. The Labute approximate surface area is 96.2 Å². The molecule has 5 nitrogen and oxygen atoms in total. The van der Waals surface area contributed by atoms with Crippen molar-refractivity contribution in [2.24, 2.45) is 0 Å². The van der Waals surface area contributed by atoms with Crippen LogP contribution < -0.4 is 10.6 Å². The van der Waals surface area contributed by atoms with Crippen molar-refractivity contribution in [1.29, 1.82) is 0 Å². The van der Waals surface area contributed by atoms with E-state index in [-0.39, 0.29) is 6.04 Å². The topological polar surface area (TPSA) is 64.6 Å². The summed E-state index contributed by atoms with van der Waals surface area (Å²) in [4.78, 5) is 13.0. The number of piperidine rings is 2. The largest absolute Gasteiger partial charge is 0.465 e. The highest BCUT2D eigenvalue weighted by molar-refractivity contribution is 5.64. The standard InChI is InChI=1S/C11H21N3O2/c15-11(16)13-9-3-7-14(8-4-9)10-1-5-12-6-2-10/h9-10,12-13H,1-8H2,(H,15,16). The predicted octanol–water partition coefficient (Wildman–Crippen LogP) is 0.470. The van der Waals surface area contributed by atoms with Crippen LogP contribution >= 0.6 is 0 Å². The van der Waals surface area contributed by atoms with Crippen molar-refractivity contribution in [3.8, 4) is 0 Å². The minimum absolute atomic E-state index is 0.162. The van der Waals surface area contributed by atoms with Gasteiger partial charge in [-0.3, -0.25) is 0 Å². The first-order chi connectivity index (χ1) is 7.75. The third kappa shape index (κ3) is 3.09. The maximum atomic E-state index is 10.5. The maximum absolute atomic E-state index is 10.5. The Balaban J connectivity index is 1.73. The van der Waals surface area contributed by atoms with E-state index >= 15 is 0 Å². The van der Waals surface area contributed by atoms with Crippen molar-refractivity contribution in [2.75, 3.05) is 26.2 Å². The minimum Gasteiger partial charge on any atom is -0.465 e. The zero-order chi connectivity index (χ0) is 11.4. The van der Waals surface area contributed by atoms with Crippen LogP contribution in [0.25, 0.3) is 0 Å². The Morgan fingerprint density at radius 3 is 2.38 bits per heavy atom. The number of likely N-dealkylation sites (tertiary alicyclic amines) is 1. The Hall–Kier alpha value is -0.810. The smallest absolute Gasteiger partial charge is 0.404 e. The molecule has 0 spiro atoms. The van der Waals surface area contributed by atoms with Crippen LogP contribution in [0.15, 0.2) is 0 Å². The number of hydrogen-bond donors (Lipinski definition) is 3. The molecular formula is C11H21N3O2. The summed E-state index contributed by atoms with van der Waals surface area (Å²) >= 11 is 0. The van der Waals surface area contributed by atoms with Crippen LogP contribution in [0, 0.1) is 0 Å². The highest BCUT2D eigenvalue weighted by Gasteiger charge is 2.26. The first kappa shape index (κ1) is 11.7. The van der Waals surface area contributed by atoms with Crippen LogP contribution in [-0.4, -0.2) is 54.4 Å². The Kier molecular flexibility index (Phi) is 4.01. The normalized spacial score (nSPS) is 25.5. The third-order valence-electron chi connectivity index (χ3n) is 3.68. The molecule has 2 fully saturated rings. The van der Waals surface area contributed by atoms with Crippen molar-refractivity contribution in [1.82, 2.24) is 15.5 Å². The molecule has 0 atom stereocenters. The first-order valence-electron chi connectivity index (χ1n) is 6.20. The molecule has 2 heterocycles. The van der Waals surface area contributed by atoms with Crippen molar-refractivity contribution >= 4 is 6.09 Å². The molecule has 0 saturated carbocycles. The molecule has 5 heteroatoms. The Morgan fingerprint density at radius 1 is 1.19 bits per heavy atom. The molecule has 0 unspecified atom stereocenters. The molecule has 1 amide bonds. The fourth-order valence-corrected chi connectivity index (χ4v) is 2.76. The van der Waals surface area contributed by atoms with E-state index in [4.69, 9.17) is 5.11 Å². The molecule has 2 saturated heterocycles. The van der Waals surface area contributed by atoms with Gasteiger partial charge in [0.25, 0.3) is 0 Å². The van der Waals surface area contributed by atoms with E-state index < -0.39 is 6.09 Å². The van der Waals surface area contributed by atoms with E-state index in [0.29, 0.717) is 6.04 Å². The van der Waals surface area contributed by atoms with Gasteiger partial charge in [0, 0.05) is 25.2 Å². The lowest BCUT2D eigenvalue weighted by atomic mass is 9.99. The third-order valence-corrected chi connectivity index (χ3v) is 3.68. The lowest BCUT2D eigenvalue weighted by Crippen LogP contribution is -2.50. The summed E-state index contributed by atoms with van der Waals surface area (Å²) in [7, 11) is 0. The van der Waals surface area contributed by atoms with E-state index in [1.54, 1.807) is 0 Å². The van der Waals surface area contributed by atoms with Gasteiger partial charge in [-0.25, -0.2) is 4.79 Å². The molecular weight excluding hydrogens is 206 g/mol. The molecule has 0 bridgehead atoms. The van der Waals surface area contributed by atoms with Crippen molar-refractivity contribution in [3.05, 3.63) is 0 Å². The summed E-state index contributed by atoms with van der Waals surface area (Å²) in [5, 5.41) is 14.6. The molecule has 0 aromatic carbocycles. The lowest BCUT2D eigenvalue weighted by Gasteiger charge is -2.39. The quantitative estimate of drug-likeness (QED) is 0.641. The van der Waals surface area contributed by atoms with Crippen LogP contribution in [0.2, 0.25) is 0 Å². The van der Waals surface area contributed by atoms with E-state index in [0.717, 1.165) is 39.0 Å². The average molecular weight is 227 g/mol. The highest BCUT2D eigenvalue weighted by Crippen LogP contribution is 2.18. The molecule has 2 aliphatic rings. The van der Waals surface area contributed by atoms with Gasteiger partial charge in [-0.15, -0.1) is 0 Å². The lowest BCUT2D eigenvalue weighted by molar-refractivity contribution is 0.117. The zero-order valence-electron chi connectivity index (χ0n) is 9.61. The fourth-order valence-electron chi connectivity index (χ4n) is 2.76. The van der Waals surface area contributed by atoms with Crippen LogP contribution in [0.4, 0.5) is 4.79 Å². The van der Waals surface area contributed by atoms with Crippen LogP contribution in [0.5, 0.6) is 0 Å². The molecule has 2 aliphatic heterocycles. The van der Waals surface area contributed by atoms with Crippen molar-refractivity contribution in [2.45, 2.75) is 37.8 Å². The maximum Gasteiger partial charge on any atom is 0.404 e. The summed E-state index contributed by atoms with van der Waals surface area (Å²) in [6.45, 7) is 4.32. The number of carbonyl (C=O) groups is 1. The second kappa shape index (κ2) is 5.50. The molecule has 16 heavy (non-hydrogen) atoms. The van der Waals surface area contributed by atoms with Gasteiger partial charge in [0.05, 0.1) is 0 Å². The molecule has 0 radical (unpaired) electrons. The first-order valence-corrected chi connectivity index (χ1v) is 6.20. The molecule has 3 N–H and O–H groups in total. The second-order valence-electron chi connectivity index (χ2n) is 4.74. The van der Waals surface area contributed by atoms with Crippen LogP contribution in [0.3, 0.4) is 0 Å². The predicted molar refractivity (Wildman–Crippen MR) is 61.6 cm³/mol. The number of amides is 1. The fraction of sp³-hybridized carbons (Fsp3) is 0.909. The van der Waals surface area contributed by atoms with Crippen LogP contribution in [0.1, 0.15) is 25.7 Å². The van der Waals surface area contributed by atoms with E-state index in [9.17, 15) is 4.79 Å². The summed E-state index contributed by atoms with van der Waals surface area (Å²) in [6.07, 6.45) is 3.49. The Bertz CT molecular complexity index is 233. The van der Waals surface area contributed by atoms with E-state index in [1.807, 2.05) is 0 Å². The monoisotopic (exact) mass is 227 g/mol. The van der Waals surface area contributed by atoms with Gasteiger partial charge in [0.2, 0.25) is 0 Å². The van der Waals surface area contributed by atoms with Gasteiger partial charge in [0.1, 0.15) is 0 Å². The van der Waals surface area contributed by atoms with E-state index in [2.05, 4.69) is 15.5 Å². The number of hydrogen-bond acceptors (Lipinski definition) is 3. The van der Waals surface area contributed by atoms with Crippen molar-refractivity contribution < 1.29 is 9.90 Å². The van der Waals surface area contributed by atoms with Crippen molar-refractivity contribution in [3.63, 3.8) is 0 Å². The molecule has 0 aromatic heterocycles. The number of nitrogens with zero attached hydrogens (tertiary/aromatic N) is 1. The number of carboxylic acid groups (broad SMARTS) is 1. The van der Waals surface area contributed by atoms with Gasteiger partial charge >= 0.3 is 6.09 Å². The summed E-state index contributed by atoms with van der Waals surface area (Å²) < 4.78 is 0. The van der Waals surface area contributed by atoms with Gasteiger partial charge < -0.3 is 20.6 Å². The summed E-state index contributed by atoms with van der Waals surface area (Å²) in [5.41, 5.74) is 0. The van der Waals surface area contributed by atoms with E-state index in [1.165, 1.54) is 12.8 Å². The summed E-state index contributed by atoms with van der Waals surface area (Å²) in [6, 6.07) is 0.877. The van der Waals surface area contributed by atoms with Gasteiger partial charge in [-0.05, 0) is 38.8 Å². The van der Waals surface area contributed by atoms with Gasteiger partial charge in [-0.2, -0.15) is 0 Å². The van der Waals surface area contributed by atoms with Gasteiger partial charge in [0.15, 0.2) is 0 Å². The number of nitrogens with one attached hydrogen (secondary N) is 2. The Morgan fingerprint density at radius 2 is 1.81 bits per heavy atom. The SMILES string of the molecule is O=C(O)NC1CCN(C2CCNCC2)CC1. The molecule has 92 valence electrons. The van der Waals surface area contributed by atoms with Gasteiger partial charge in [-0.1, -0.05) is 0 Å². The average Bonchev–Trinajstić information content (AvgIpc) is 2.30. The number of rotatable bonds is 2. The molecule has 0 aromatic rings. The highest BCUT2D eigenvalue weighted by atomic mass is 16.4. The summed E-state index contributed by atoms with van der Waals surface area (Å²) in [5.74, 6) is 0. The second-order valence-corrected chi connectivity index (χ2v) is 4.74. The minimum atomic E-state index is -0.889. The van der Waals surface area contributed by atoms with Crippen LogP contribution in [-0.2, 0) is 0 Å². The molecule has 0 aliphatic carbocycles.